The van der Waals surface area contributed by atoms with Gasteiger partial charge in [0, 0.05) is 13.1 Å². The molecule has 0 bridgehead atoms. The molecule has 0 aromatic rings. The molecule has 0 spiro atoms. The molecule has 0 saturated carbocycles. The molecule has 2 aliphatic rings. The zero-order chi connectivity index (χ0) is 7.52. The van der Waals surface area contributed by atoms with Crippen LogP contribution in [0.25, 0.3) is 0 Å². The standard InChI is InChI=1S/C7H12N2O2/c1-3-10-4-2-9(1)7-5-11-6-8-7/h6-7H,1-5H2. The van der Waals surface area contributed by atoms with Crippen molar-refractivity contribution in [2.24, 2.45) is 4.99 Å². The van der Waals surface area contributed by atoms with Crippen LogP contribution in [0.2, 0.25) is 0 Å². The van der Waals surface area contributed by atoms with E-state index in [2.05, 4.69) is 9.89 Å². The average Bonchev–Trinajstić information content (AvgIpc) is 2.58. The number of aliphatic imine (C=N–C) groups is 1. The Balaban J connectivity index is 1.87. The van der Waals surface area contributed by atoms with Crippen LogP contribution in [0.5, 0.6) is 0 Å². The molecule has 2 rings (SSSR count). The first-order chi connectivity index (χ1) is 5.47. The third-order valence-corrected chi connectivity index (χ3v) is 2.02. The average molecular weight is 156 g/mol. The van der Waals surface area contributed by atoms with Gasteiger partial charge in [0.2, 0.25) is 0 Å². The number of hydrogen-bond acceptors (Lipinski definition) is 4. The summed E-state index contributed by atoms with van der Waals surface area (Å²) in [5.74, 6) is 0. The van der Waals surface area contributed by atoms with Crippen molar-refractivity contribution in [3.05, 3.63) is 0 Å². The van der Waals surface area contributed by atoms with E-state index >= 15 is 0 Å². The van der Waals surface area contributed by atoms with E-state index in [-0.39, 0.29) is 6.17 Å². The van der Waals surface area contributed by atoms with Crippen LogP contribution in [0, 0.1) is 0 Å². The zero-order valence-corrected chi connectivity index (χ0v) is 6.40. The Kier molecular flexibility index (Phi) is 2.05. The second kappa shape index (κ2) is 3.19. The summed E-state index contributed by atoms with van der Waals surface area (Å²) in [5.41, 5.74) is 0. The predicted octanol–water partition coefficient (Wildman–Crippen LogP) is -0.297. The molecule has 0 radical (unpaired) electrons. The molecular weight excluding hydrogens is 144 g/mol. The predicted molar refractivity (Wildman–Crippen MR) is 40.6 cm³/mol. The van der Waals surface area contributed by atoms with Crippen LogP contribution in [0.4, 0.5) is 0 Å². The maximum atomic E-state index is 5.22. The molecule has 2 aliphatic heterocycles. The van der Waals surface area contributed by atoms with E-state index < -0.39 is 0 Å². The normalized spacial score (nSPS) is 32.2. The summed E-state index contributed by atoms with van der Waals surface area (Å²) in [7, 11) is 0. The zero-order valence-electron chi connectivity index (χ0n) is 6.40. The molecule has 1 unspecified atom stereocenters. The fourth-order valence-corrected chi connectivity index (χ4v) is 1.36. The van der Waals surface area contributed by atoms with E-state index in [1.165, 1.54) is 0 Å². The molecule has 62 valence electrons. The van der Waals surface area contributed by atoms with Gasteiger partial charge in [-0.3, -0.25) is 4.90 Å². The lowest BCUT2D eigenvalue weighted by atomic mass is 10.4. The van der Waals surface area contributed by atoms with E-state index in [0.717, 1.165) is 26.3 Å². The van der Waals surface area contributed by atoms with Crippen molar-refractivity contribution in [1.29, 1.82) is 0 Å². The highest BCUT2D eigenvalue weighted by Crippen LogP contribution is 2.08. The number of nitrogens with zero attached hydrogens (tertiary/aromatic N) is 2. The van der Waals surface area contributed by atoms with E-state index in [1.54, 1.807) is 6.40 Å². The third-order valence-electron chi connectivity index (χ3n) is 2.02. The summed E-state index contributed by atoms with van der Waals surface area (Å²) in [6.45, 7) is 4.31. The van der Waals surface area contributed by atoms with Gasteiger partial charge in [0.05, 0.1) is 13.2 Å². The summed E-state index contributed by atoms with van der Waals surface area (Å²) >= 11 is 0. The Bertz CT molecular complexity index is 155. The smallest absolute Gasteiger partial charge is 0.171 e. The molecule has 1 fully saturated rings. The van der Waals surface area contributed by atoms with Gasteiger partial charge in [-0.15, -0.1) is 0 Å². The van der Waals surface area contributed by atoms with Gasteiger partial charge in [0.15, 0.2) is 6.40 Å². The molecular formula is C7H12N2O2. The minimum Gasteiger partial charge on any atom is -0.480 e. The summed E-state index contributed by atoms with van der Waals surface area (Å²) in [4.78, 5) is 6.47. The van der Waals surface area contributed by atoms with Crippen molar-refractivity contribution in [1.82, 2.24) is 4.90 Å². The second-order valence-corrected chi connectivity index (χ2v) is 2.72. The molecule has 4 nitrogen and oxygen atoms in total. The molecule has 11 heavy (non-hydrogen) atoms. The van der Waals surface area contributed by atoms with Gasteiger partial charge in [-0.25, -0.2) is 4.99 Å². The van der Waals surface area contributed by atoms with Crippen molar-refractivity contribution >= 4 is 6.40 Å². The SMILES string of the molecule is C1=NC(N2CCOCC2)CO1. The van der Waals surface area contributed by atoms with Crippen LogP contribution in [0.1, 0.15) is 0 Å². The van der Waals surface area contributed by atoms with Gasteiger partial charge >= 0.3 is 0 Å². The Labute approximate surface area is 65.8 Å². The van der Waals surface area contributed by atoms with Crippen LogP contribution in [-0.4, -0.2) is 50.4 Å². The van der Waals surface area contributed by atoms with Crippen molar-refractivity contribution in [2.75, 3.05) is 32.9 Å². The van der Waals surface area contributed by atoms with Crippen LogP contribution in [0.15, 0.2) is 4.99 Å². The van der Waals surface area contributed by atoms with Gasteiger partial charge in [-0.05, 0) is 0 Å². The quantitative estimate of drug-likeness (QED) is 0.523. The lowest BCUT2D eigenvalue weighted by Gasteiger charge is -2.29. The van der Waals surface area contributed by atoms with Gasteiger partial charge in [0.1, 0.15) is 12.8 Å². The molecule has 0 aliphatic carbocycles. The molecule has 0 amide bonds. The van der Waals surface area contributed by atoms with Crippen molar-refractivity contribution < 1.29 is 9.47 Å². The Morgan fingerprint density at radius 1 is 1.36 bits per heavy atom. The first kappa shape index (κ1) is 7.06. The van der Waals surface area contributed by atoms with E-state index in [0.29, 0.717) is 6.61 Å². The fraction of sp³-hybridized carbons (Fsp3) is 0.857. The maximum Gasteiger partial charge on any atom is 0.171 e. The van der Waals surface area contributed by atoms with Gasteiger partial charge in [-0.2, -0.15) is 0 Å². The van der Waals surface area contributed by atoms with Crippen LogP contribution < -0.4 is 0 Å². The lowest BCUT2D eigenvalue weighted by molar-refractivity contribution is 0.0134. The largest absolute Gasteiger partial charge is 0.480 e. The van der Waals surface area contributed by atoms with E-state index in [1.807, 2.05) is 0 Å². The first-order valence-corrected chi connectivity index (χ1v) is 3.92. The molecule has 1 atom stereocenters. The summed E-state index contributed by atoms with van der Waals surface area (Å²) in [5, 5.41) is 0. The minimum atomic E-state index is 0.249. The number of morpholine rings is 1. The van der Waals surface area contributed by atoms with E-state index in [4.69, 9.17) is 9.47 Å². The number of hydrogen-bond donors (Lipinski definition) is 0. The summed E-state index contributed by atoms with van der Waals surface area (Å²) < 4.78 is 10.3. The van der Waals surface area contributed by atoms with Crippen LogP contribution in [-0.2, 0) is 9.47 Å². The third kappa shape index (κ3) is 1.52. The molecule has 4 heteroatoms. The Hall–Kier alpha value is -0.610. The molecule has 0 N–H and O–H groups in total. The highest BCUT2D eigenvalue weighted by Gasteiger charge is 2.22. The Morgan fingerprint density at radius 3 is 2.82 bits per heavy atom. The minimum absolute atomic E-state index is 0.249. The van der Waals surface area contributed by atoms with Gasteiger partial charge in [0.25, 0.3) is 0 Å². The highest BCUT2D eigenvalue weighted by atomic mass is 16.5. The van der Waals surface area contributed by atoms with Crippen molar-refractivity contribution in [3.63, 3.8) is 0 Å². The number of rotatable bonds is 1. The second-order valence-electron chi connectivity index (χ2n) is 2.72. The fourth-order valence-electron chi connectivity index (χ4n) is 1.36. The molecule has 0 aromatic heterocycles. The van der Waals surface area contributed by atoms with Crippen molar-refractivity contribution in [3.8, 4) is 0 Å². The Morgan fingerprint density at radius 2 is 2.18 bits per heavy atom. The van der Waals surface area contributed by atoms with Crippen LogP contribution in [0.3, 0.4) is 0 Å². The number of ether oxygens (including phenoxy) is 2. The lowest BCUT2D eigenvalue weighted by Crippen LogP contribution is -2.43. The van der Waals surface area contributed by atoms with E-state index in [9.17, 15) is 0 Å². The molecule has 1 saturated heterocycles. The van der Waals surface area contributed by atoms with Gasteiger partial charge in [-0.1, -0.05) is 0 Å². The maximum absolute atomic E-state index is 5.22. The van der Waals surface area contributed by atoms with Crippen molar-refractivity contribution in [2.45, 2.75) is 6.17 Å². The van der Waals surface area contributed by atoms with Crippen LogP contribution >= 0.6 is 0 Å². The topological polar surface area (TPSA) is 34.1 Å². The van der Waals surface area contributed by atoms with Gasteiger partial charge < -0.3 is 9.47 Å². The molecule has 2 heterocycles. The summed E-state index contributed by atoms with van der Waals surface area (Å²) in [6, 6.07) is 0. The monoisotopic (exact) mass is 156 g/mol. The first-order valence-electron chi connectivity index (χ1n) is 3.92. The highest BCUT2D eigenvalue weighted by molar-refractivity contribution is 5.48. The summed E-state index contributed by atoms with van der Waals surface area (Å²) in [6.07, 6.45) is 1.79. The molecule has 0 aromatic carbocycles.